The van der Waals surface area contributed by atoms with Crippen LogP contribution in [0.4, 0.5) is 0 Å². The van der Waals surface area contributed by atoms with E-state index in [1.165, 1.54) is 16.7 Å². The molecule has 0 spiro atoms. The van der Waals surface area contributed by atoms with E-state index in [9.17, 15) is 0 Å². The van der Waals surface area contributed by atoms with Gasteiger partial charge in [-0.15, -0.1) is 11.8 Å². The number of rotatable bonds is 9. The fourth-order valence-electron chi connectivity index (χ4n) is 3.16. The van der Waals surface area contributed by atoms with Gasteiger partial charge in [0.1, 0.15) is 0 Å². The predicted octanol–water partition coefficient (Wildman–Crippen LogP) is 5.73. The minimum absolute atomic E-state index is 0.392. The van der Waals surface area contributed by atoms with Crippen molar-refractivity contribution in [3.63, 3.8) is 0 Å². The van der Waals surface area contributed by atoms with Crippen LogP contribution in [0.1, 0.15) is 28.9 Å². The van der Waals surface area contributed by atoms with Gasteiger partial charge in [-0.05, 0) is 30.0 Å². The fraction of sp³-hybridized carbons (Fsp3) is 0.250. The van der Waals surface area contributed by atoms with Crippen LogP contribution >= 0.6 is 11.8 Å². The van der Waals surface area contributed by atoms with E-state index in [1.54, 1.807) is 0 Å². The maximum Gasteiger partial charge on any atom is 0.0547 e. The highest BCUT2D eigenvalue weighted by atomic mass is 32.2. The summed E-state index contributed by atoms with van der Waals surface area (Å²) in [5.74, 6) is 1.09. The third kappa shape index (κ3) is 5.76. The van der Waals surface area contributed by atoms with Crippen LogP contribution in [0, 0.1) is 0 Å². The summed E-state index contributed by atoms with van der Waals surface area (Å²) in [7, 11) is 0. The van der Waals surface area contributed by atoms with E-state index < -0.39 is 0 Å². The van der Waals surface area contributed by atoms with E-state index in [-0.39, 0.29) is 0 Å². The Labute approximate surface area is 161 Å². The Kier molecular flexibility index (Phi) is 7.36. The zero-order valence-electron chi connectivity index (χ0n) is 15.3. The maximum atomic E-state index is 3.67. The molecule has 3 aromatic carbocycles. The molecule has 3 aromatic rings. The van der Waals surface area contributed by atoms with Crippen molar-refractivity contribution in [1.82, 2.24) is 5.32 Å². The van der Waals surface area contributed by atoms with E-state index in [4.69, 9.17) is 0 Å². The minimum atomic E-state index is 0.392. The van der Waals surface area contributed by atoms with Gasteiger partial charge < -0.3 is 5.32 Å². The second-order valence-corrected chi connectivity index (χ2v) is 7.83. The number of hydrogen-bond donors (Lipinski definition) is 1. The third-order valence-corrected chi connectivity index (χ3v) is 5.79. The lowest BCUT2D eigenvalue weighted by Crippen LogP contribution is -2.30. The van der Waals surface area contributed by atoms with Gasteiger partial charge in [-0.25, -0.2) is 0 Å². The monoisotopic (exact) mass is 361 g/mol. The molecule has 134 valence electrons. The van der Waals surface area contributed by atoms with Crippen molar-refractivity contribution in [3.05, 3.63) is 108 Å². The summed E-state index contributed by atoms with van der Waals surface area (Å²) in [5, 5.41) is 4.06. The Balaban J connectivity index is 1.52. The molecule has 0 aliphatic heterocycles. The molecule has 0 aromatic heterocycles. The second-order valence-electron chi connectivity index (χ2n) is 6.62. The molecule has 2 heteroatoms. The van der Waals surface area contributed by atoms with Crippen molar-refractivity contribution in [2.45, 2.75) is 24.6 Å². The fourth-order valence-corrected chi connectivity index (χ4v) is 4.33. The lowest BCUT2D eigenvalue weighted by Gasteiger charge is -2.19. The first-order chi connectivity index (χ1) is 12.8. The standard InChI is InChI=1S/C24H27NS/c1-20(19-21-11-5-2-6-12-21)25-17-18-26-24(22-13-7-3-8-14-22)23-15-9-4-10-16-23/h2-16,20,24-25H,17-19H2,1H3. The third-order valence-electron chi connectivity index (χ3n) is 4.47. The molecule has 3 rings (SSSR count). The van der Waals surface area contributed by atoms with Crippen molar-refractivity contribution >= 4 is 11.8 Å². The molecule has 0 aliphatic carbocycles. The summed E-state index contributed by atoms with van der Waals surface area (Å²) >= 11 is 2.01. The minimum Gasteiger partial charge on any atom is -0.313 e. The van der Waals surface area contributed by atoms with E-state index in [1.807, 2.05) is 11.8 Å². The van der Waals surface area contributed by atoms with Crippen LogP contribution in [0.15, 0.2) is 91.0 Å². The molecular formula is C24H27NS. The molecule has 0 fully saturated rings. The van der Waals surface area contributed by atoms with Crippen molar-refractivity contribution < 1.29 is 0 Å². The first-order valence-electron chi connectivity index (χ1n) is 9.32. The topological polar surface area (TPSA) is 12.0 Å². The van der Waals surface area contributed by atoms with Crippen LogP contribution in [0.5, 0.6) is 0 Å². The van der Waals surface area contributed by atoms with Crippen LogP contribution in [0.2, 0.25) is 0 Å². The van der Waals surface area contributed by atoms with Gasteiger partial charge in [0.15, 0.2) is 0 Å². The summed E-state index contributed by atoms with van der Waals surface area (Å²) in [6.07, 6.45) is 1.08. The summed E-state index contributed by atoms with van der Waals surface area (Å²) in [4.78, 5) is 0. The van der Waals surface area contributed by atoms with Crippen LogP contribution in [-0.4, -0.2) is 18.3 Å². The van der Waals surface area contributed by atoms with E-state index in [2.05, 4.69) is 103 Å². The zero-order chi connectivity index (χ0) is 18.0. The second kappa shape index (κ2) is 10.2. The van der Waals surface area contributed by atoms with E-state index in [0.29, 0.717) is 11.3 Å². The Morgan fingerprint density at radius 3 is 1.77 bits per heavy atom. The van der Waals surface area contributed by atoms with Crippen LogP contribution in [0.25, 0.3) is 0 Å². The Hall–Kier alpha value is -2.03. The first kappa shape index (κ1) is 18.8. The lowest BCUT2D eigenvalue weighted by molar-refractivity contribution is 0.568. The first-order valence-corrected chi connectivity index (χ1v) is 10.4. The Morgan fingerprint density at radius 1 is 0.731 bits per heavy atom. The van der Waals surface area contributed by atoms with Crippen LogP contribution in [-0.2, 0) is 6.42 Å². The smallest absolute Gasteiger partial charge is 0.0547 e. The van der Waals surface area contributed by atoms with Crippen molar-refractivity contribution in [3.8, 4) is 0 Å². The van der Waals surface area contributed by atoms with E-state index >= 15 is 0 Å². The molecule has 0 bridgehead atoms. The summed E-state index contributed by atoms with van der Waals surface area (Å²) in [6.45, 7) is 3.29. The quantitative estimate of drug-likeness (QED) is 0.488. The number of thioether (sulfide) groups is 1. The van der Waals surface area contributed by atoms with Gasteiger partial charge in [-0.2, -0.15) is 0 Å². The van der Waals surface area contributed by atoms with Gasteiger partial charge in [0.2, 0.25) is 0 Å². The molecule has 0 amide bonds. The molecule has 1 nitrogen and oxygen atoms in total. The largest absolute Gasteiger partial charge is 0.313 e. The number of benzene rings is 3. The van der Waals surface area contributed by atoms with Gasteiger partial charge in [0, 0.05) is 18.3 Å². The van der Waals surface area contributed by atoms with Gasteiger partial charge in [-0.1, -0.05) is 91.0 Å². The molecule has 0 saturated heterocycles. The van der Waals surface area contributed by atoms with Crippen LogP contribution < -0.4 is 5.32 Å². The molecule has 1 N–H and O–H groups in total. The maximum absolute atomic E-state index is 3.67. The average molecular weight is 362 g/mol. The molecule has 0 aliphatic rings. The van der Waals surface area contributed by atoms with E-state index in [0.717, 1.165) is 18.7 Å². The van der Waals surface area contributed by atoms with Gasteiger partial charge in [0.05, 0.1) is 5.25 Å². The molecule has 1 atom stereocenters. The average Bonchev–Trinajstić information content (AvgIpc) is 2.70. The summed E-state index contributed by atoms with van der Waals surface area (Å²) in [5.41, 5.74) is 4.15. The summed E-state index contributed by atoms with van der Waals surface area (Å²) < 4.78 is 0. The summed E-state index contributed by atoms with van der Waals surface area (Å²) in [6, 6.07) is 32.8. The Morgan fingerprint density at radius 2 is 1.23 bits per heavy atom. The SMILES string of the molecule is CC(Cc1ccccc1)NCCSC(c1ccccc1)c1ccccc1. The highest BCUT2D eigenvalue weighted by Gasteiger charge is 2.14. The highest BCUT2D eigenvalue weighted by molar-refractivity contribution is 7.99. The lowest BCUT2D eigenvalue weighted by atomic mass is 10.0. The van der Waals surface area contributed by atoms with Crippen LogP contribution in [0.3, 0.4) is 0 Å². The predicted molar refractivity (Wildman–Crippen MR) is 115 cm³/mol. The molecule has 0 radical (unpaired) electrons. The van der Waals surface area contributed by atoms with Gasteiger partial charge >= 0.3 is 0 Å². The van der Waals surface area contributed by atoms with Crippen molar-refractivity contribution in [2.24, 2.45) is 0 Å². The molecule has 0 saturated carbocycles. The normalized spacial score (nSPS) is 12.2. The van der Waals surface area contributed by atoms with Gasteiger partial charge in [-0.3, -0.25) is 0 Å². The molecular weight excluding hydrogens is 334 g/mol. The molecule has 26 heavy (non-hydrogen) atoms. The van der Waals surface area contributed by atoms with Gasteiger partial charge in [0.25, 0.3) is 0 Å². The highest BCUT2D eigenvalue weighted by Crippen LogP contribution is 2.35. The van der Waals surface area contributed by atoms with Crippen molar-refractivity contribution in [2.75, 3.05) is 12.3 Å². The number of hydrogen-bond acceptors (Lipinski definition) is 2. The molecule has 0 heterocycles. The van der Waals surface area contributed by atoms with Crippen molar-refractivity contribution in [1.29, 1.82) is 0 Å². The molecule has 1 unspecified atom stereocenters. The number of nitrogens with one attached hydrogen (secondary N) is 1. The zero-order valence-corrected chi connectivity index (χ0v) is 16.2. The Bertz CT molecular complexity index is 703.